The van der Waals surface area contributed by atoms with Crippen LogP contribution in [0.5, 0.6) is 0 Å². The molecule has 2 aliphatic rings. The van der Waals surface area contributed by atoms with Crippen molar-refractivity contribution in [1.82, 2.24) is 9.96 Å². The normalized spacial score (nSPS) is 20.3. The number of amides is 1. The van der Waals surface area contributed by atoms with Crippen LogP contribution in [0.15, 0.2) is 17.3 Å². The first kappa shape index (κ1) is 9.05. The average molecular weight is 195 g/mol. The second kappa shape index (κ2) is 4.13. The van der Waals surface area contributed by atoms with Crippen LogP contribution in [0.2, 0.25) is 0 Å². The van der Waals surface area contributed by atoms with Gasteiger partial charge in [-0.15, -0.1) is 0 Å². The summed E-state index contributed by atoms with van der Waals surface area (Å²) in [6.45, 7) is 2.18. The molecule has 76 valence electrons. The summed E-state index contributed by atoms with van der Waals surface area (Å²) in [5.41, 5.74) is 0. The maximum atomic E-state index is 11.5. The molecule has 0 radical (unpaired) electrons. The molecule has 0 N–H and O–H groups in total. The van der Waals surface area contributed by atoms with Crippen LogP contribution in [0.1, 0.15) is 12.8 Å². The molecular weight excluding hydrogens is 182 g/mol. The highest BCUT2D eigenvalue weighted by atomic mass is 16.7. The van der Waals surface area contributed by atoms with Crippen LogP contribution in [0.4, 0.5) is 4.79 Å². The lowest BCUT2D eigenvalue weighted by Gasteiger charge is -2.21. The Morgan fingerprint density at radius 3 is 2.79 bits per heavy atom. The van der Waals surface area contributed by atoms with Crippen molar-refractivity contribution in [2.75, 3.05) is 19.6 Å². The van der Waals surface area contributed by atoms with Gasteiger partial charge in [-0.1, -0.05) is 0 Å². The van der Waals surface area contributed by atoms with E-state index in [-0.39, 0.29) is 6.09 Å². The third kappa shape index (κ3) is 2.04. The number of hydrogen-bond donors (Lipinski definition) is 0. The number of nitrogens with zero attached hydrogens (tertiary/aromatic N) is 3. The van der Waals surface area contributed by atoms with Gasteiger partial charge in [0.1, 0.15) is 6.34 Å². The molecule has 0 spiro atoms. The van der Waals surface area contributed by atoms with Crippen molar-refractivity contribution >= 4 is 12.4 Å². The summed E-state index contributed by atoms with van der Waals surface area (Å²) in [5, 5.41) is 1.43. The zero-order valence-corrected chi connectivity index (χ0v) is 7.93. The summed E-state index contributed by atoms with van der Waals surface area (Å²) in [7, 11) is 0. The molecule has 0 aromatic rings. The molecule has 0 unspecified atom stereocenters. The van der Waals surface area contributed by atoms with Crippen LogP contribution in [-0.4, -0.2) is 42.0 Å². The first-order valence-corrected chi connectivity index (χ1v) is 4.78. The highest BCUT2D eigenvalue weighted by molar-refractivity contribution is 5.69. The predicted molar refractivity (Wildman–Crippen MR) is 51.6 cm³/mol. The van der Waals surface area contributed by atoms with Gasteiger partial charge in [-0.05, 0) is 18.9 Å². The predicted octanol–water partition coefficient (Wildman–Crippen LogP) is 0.991. The van der Waals surface area contributed by atoms with Gasteiger partial charge >= 0.3 is 6.09 Å². The van der Waals surface area contributed by atoms with Crippen LogP contribution in [-0.2, 0) is 4.84 Å². The monoisotopic (exact) mass is 195 g/mol. The van der Waals surface area contributed by atoms with Crippen molar-refractivity contribution < 1.29 is 9.63 Å². The highest BCUT2D eigenvalue weighted by Crippen LogP contribution is 2.09. The van der Waals surface area contributed by atoms with Crippen molar-refractivity contribution in [2.45, 2.75) is 12.8 Å². The maximum Gasteiger partial charge on any atom is 0.434 e. The summed E-state index contributed by atoms with van der Waals surface area (Å²) in [4.78, 5) is 22.2. The lowest BCUT2D eigenvalue weighted by molar-refractivity contribution is -0.0397. The van der Waals surface area contributed by atoms with E-state index in [0.29, 0.717) is 6.54 Å². The molecule has 0 aromatic heterocycles. The first-order valence-electron chi connectivity index (χ1n) is 4.78. The van der Waals surface area contributed by atoms with Crippen LogP contribution in [0.3, 0.4) is 0 Å². The van der Waals surface area contributed by atoms with Crippen molar-refractivity contribution in [3.8, 4) is 0 Å². The molecule has 0 saturated carbocycles. The van der Waals surface area contributed by atoms with Gasteiger partial charge in [-0.3, -0.25) is 0 Å². The molecule has 5 nitrogen and oxygen atoms in total. The largest absolute Gasteiger partial charge is 0.434 e. The van der Waals surface area contributed by atoms with Gasteiger partial charge in [0.05, 0.1) is 6.54 Å². The Morgan fingerprint density at radius 2 is 2.14 bits per heavy atom. The summed E-state index contributed by atoms with van der Waals surface area (Å²) >= 11 is 0. The van der Waals surface area contributed by atoms with E-state index in [9.17, 15) is 4.79 Å². The molecule has 0 bridgehead atoms. The van der Waals surface area contributed by atoms with Gasteiger partial charge < -0.3 is 9.74 Å². The van der Waals surface area contributed by atoms with Gasteiger partial charge in [0.15, 0.2) is 0 Å². The SMILES string of the molecule is O=C(ON1C=NC=CC1)N1CCCC1. The Morgan fingerprint density at radius 1 is 1.36 bits per heavy atom. The molecule has 2 aliphatic heterocycles. The third-order valence-corrected chi connectivity index (χ3v) is 2.23. The second-order valence-electron chi connectivity index (χ2n) is 3.30. The molecular formula is C9H13N3O2. The number of likely N-dealkylation sites (tertiary alicyclic amines) is 1. The standard InChI is InChI=1S/C9H13N3O2/c13-9(11-5-1-2-6-11)14-12-7-3-4-10-8-12/h3-4,8H,1-2,5-7H2. The number of hydrogen-bond acceptors (Lipinski definition) is 4. The topological polar surface area (TPSA) is 45.1 Å². The van der Waals surface area contributed by atoms with E-state index in [1.54, 1.807) is 11.1 Å². The van der Waals surface area contributed by atoms with Crippen molar-refractivity contribution in [3.05, 3.63) is 12.3 Å². The summed E-state index contributed by atoms with van der Waals surface area (Å²) in [6, 6.07) is 0. The summed E-state index contributed by atoms with van der Waals surface area (Å²) < 4.78 is 0. The smallest absolute Gasteiger partial charge is 0.320 e. The van der Waals surface area contributed by atoms with Gasteiger partial charge in [0.25, 0.3) is 0 Å². The molecule has 1 fully saturated rings. The molecule has 2 rings (SSSR count). The fourth-order valence-electron chi connectivity index (χ4n) is 1.49. The molecule has 0 aliphatic carbocycles. The Kier molecular flexibility index (Phi) is 2.67. The number of carbonyl (C=O) groups is 1. The summed E-state index contributed by atoms with van der Waals surface area (Å²) in [5.74, 6) is 0. The van der Waals surface area contributed by atoms with Crippen LogP contribution in [0.25, 0.3) is 0 Å². The van der Waals surface area contributed by atoms with Gasteiger partial charge in [-0.25, -0.2) is 9.79 Å². The molecule has 5 heteroatoms. The van der Waals surface area contributed by atoms with Gasteiger partial charge in [0, 0.05) is 19.3 Å². The third-order valence-electron chi connectivity index (χ3n) is 2.23. The first-order chi connectivity index (χ1) is 6.86. The number of rotatable bonds is 1. The lowest BCUT2D eigenvalue weighted by atomic mass is 10.4. The lowest BCUT2D eigenvalue weighted by Crippen LogP contribution is -2.35. The number of carbonyl (C=O) groups excluding carboxylic acids is 1. The van der Waals surface area contributed by atoms with Gasteiger partial charge in [-0.2, -0.15) is 5.06 Å². The van der Waals surface area contributed by atoms with Gasteiger partial charge in [0.2, 0.25) is 0 Å². The Bertz CT molecular complexity index is 269. The maximum absolute atomic E-state index is 11.5. The quantitative estimate of drug-likeness (QED) is 0.626. The van der Waals surface area contributed by atoms with E-state index < -0.39 is 0 Å². The Labute approximate surface area is 82.6 Å². The average Bonchev–Trinajstić information content (AvgIpc) is 2.72. The zero-order valence-electron chi connectivity index (χ0n) is 7.93. The highest BCUT2D eigenvalue weighted by Gasteiger charge is 2.21. The Hall–Kier alpha value is -1.52. The molecule has 1 saturated heterocycles. The molecule has 0 atom stereocenters. The second-order valence-corrected chi connectivity index (χ2v) is 3.30. The molecule has 1 amide bonds. The number of hydroxylamine groups is 2. The van der Waals surface area contributed by atoms with E-state index in [4.69, 9.17) is 4.84 Å². The minimum atomic E-state index is -0.274. The van der Waals surface area contributed by atoms with E-state index >= 15 is 0 Å². The van der Waals surface area contributed by atoms with Crippen molar-refractivity contribution in [1.29, 1.82) is 0 Å². The molecule has 2 heterocycles. The summed E-state index contributed by atoms with van der Waals surface area (Å²) in [6.07, 6.45) is 6.89. The van der Waals surface area contributed by atoms with Crippen molar-refractivity contribution in [2.24, 2.45) is 4.99 Å². The van der Waals surface area contributed by atoms with E-state index in [0.717, 1.165) is 25.9 Å². The van der Waals surface area contributed by atoms with Crippen LogP contribution in [0, 0.1) is 0 Å². The van der Waals surface area contributed by atoms with E-state index in [2.05, 4.69) is 4.99 Å². The van der Waals surface area contributed by atoms with Crippen LogP contribution >= 0.6 is 0 Å². The number of aliphatic imine (C=N–C) groups is 1. The van der Waals surface area contributed by atoms with E-state index in [1.165, 1.54) is 11.4 Å². The van der Waals surface area contributed by atoms with Crippen LogP contribution < -0.4 is 0 Å². The fourth-order valence-corrected chi connectivity index (χ4v) is 1.49. The molecule has 0 aromatic carbocycles. The fraction of sp³-hybridized carbons (Fsp3) is 0.556. The minimum absolute atomic E-state index is 0.274. The molecule has 14 heavy (non-hydrogen) atoms. The van der Waals surface area contributed by atoms with E-state index in [1.807, 2.05) is 6.08 Å². The van der Waals surface area contributed by atoms with Crippen molar-refractivity contribution in [3.63, 3.8) is 0 Å². The Balaban J connectivity index is 1.81. The zero-order chi connectivity index (χ0) is 9.80. The minimum Gasteiger partial charge on any atom is -0.320 e.